The van der Waals surface area contributed by atoms with Gasteiger partial charge in [-0.3, -0.25) is 4.79 Å². The number of carbonyl (C=O) groups is 1. The van der Waals surface area contributed by atoms with E-state index >= 15 is 0 Å². The van der Waals surface area contributed by atoms with Gasteiger partial charge in [0.2, 0.25) is 0 Å². The molecule has 3 aliphatic heterocycles. The van der Waals surface area contributed by atoms with E-state index in [-0.39, 0.29) is 24.0 Å². The zero-order valence-corrected chi connectivity index (χ0v) is 17.5. The van der Waals surface area contributed by atoms with Gasteiger partial charge in [-0.25, -0.2) is 14.4 Å². The number of rotatable bonds is 3. The summed E-state index contributed by atoms with van der Waals surface area (Å²) < 4.78 is 26.4. The quantitative estimate of drug-likeness (QED) is 0.622. The Kier molecular flexibility index (Phi) is 4.50. The van der Waals surface area contributed by atoms with Crippen LogP contribution in [-0.2, 0) is 9.53 Å². The number of fused-ring (bicyclic) bond motifs is 1. The fourth-order valence-corrected chi connectivity index (χ4v) is 5.28. The molecular formula is C24H23FN4O3. The third-order valence-electron chi connectivity index (χ3n) is 6.91. The van der Waals surface area contributed by atoms with E-state index in [0.717, 1.165) is 18.4 Å². The Labute approximate surface area is 184 Å². The van der Waals surface area contributed by atoms with Crippen LogP contribution in [0.1, 0.15) is 37.3 Å². The molecule has 0 aliphatic carbocycles. The van der Waals surface area contributed by atoms with Crippen LogP contribution in [0.2, 0.25) is 0 Å². The van der Waals surface area contributed by atoms with Crippen LogP contribution in [0.5, 0.6) is 0 Å². The number of hydrogen-bond donors (Lipinski definition) is 0. The van der Waals surface area contributed by atoms with Crippen LogP contribution in [0.3, 0.4) is 0 Å². The van der Waals surface area contributed by atoms with E-state index < -0.39 is 11.4 Å². The predicted molar refractivity (Wildman–Crippen MR) is 114 cm³/mol. The molecule has 1 spiro atoms. The average Bonchev–Trinajstić information content (AvgIpc) is 3.55. The topological polar surface area (TPSA) is 71.7 Å². The molecule has 0 saturated carbocycles. The molecule has 164 valence electrons. The van der Waals surface area contributed by atoms with E-state index in [9.17, 15) is 9.18 Å². The fraction of sp³-hybridized carbons (Fsp3) is 0.375. The summed E-state index contributed by atoms with van der Waals surface area (Å²) >= 11 is 0. The summed E-state index contributed by atoms with van der Waals surface area (Å²) in [6, 6.07) is 11.6. The lowest BCUT2D eigenvalue weighted by atomic mass is 9.89. The monoisotopic (exact) mass is 434 g/mol. The lowest BCUT2D eigenvalue weighted by Gasteiger charge is -2.38. The van der Waals surface area contributed by atoms with Gasteiger partial charge in [-0.2, -0.15) is 0 Å². The first-order chi connectivity index (χ1) is 15.6. The minimum Gasteiger partial charge on any atom is -0.443 e. The van der Waals surface area contributed by atoms with Crippen LogP contribution in [0, 0.1) is 5.82 Å². The minimum absolute atomic E-state index is 0.0638. The van der Waals surface area contributed by atoms with Gasteiger partial charge in [0.15, 0.2) is 29.4 Å². The molecule has 1 aromatic carbocycles. The normalized spacial score (nSPS) is 24.3. The summed E-state index contributed by atoms with van der Waals surface area (Å²) in [5, 5.41) is 0. The SMILES string of the molecule is O=C1N2[C@@H](CC[C@H]2c2ccccc2)OC12CCN(c1ncc(-c3cnco3)cc1F)CC2. The number of anilines is 1. The highest BCUT2D eigenvalue weighted by molar-refractivity contribution is 5.88. The van der Waals surface area contributed by atoms with Gasteiger partial charge < -0.3 is 19.0 Å². The van der Waals surface area contributed by atoms with Crippen LogP contribution in [0.4, 0.5) is 10.2 Å². The number of aromatic nitrogens is 2. The molecule has 3 aromatic rings. The maximum absolute atomic E-state index is 14.8. The van der Waals surface area contributed by atoms with Crippen molar-refractivity contribution in [1.29, 1.82) is 0 Å². The second kappa shape index (κ2) is 7.41. The van der Waals surface area contributed by atoms with E-state index in [1.807, 2.05) is 28.0 Å². The average molecular weight is 434 g/mol. The number of oxazole rings is 1. The van der Waals surface area contributed by atoms with E-state index in [4.69, 9.17) is 9.15 Å². The van der Waals surface area contributed by atoms with Gasteiger partial charge >= 0.3 is 0 Å². The summed E-state index contributed by atoms with van der Waals surface area (Å²) in [7, 11) is 0. The number of pyridine rings is 1. The molecule has 1 amide bonds. The van der Waals surface area contributed by atoms with Gasteiger partial charge in [0.25, 0.3) is 5.91 Å². The minimum atomic E-state index is -0.815. The first-order valence-electron chi connectivity index (χ1n) is 11.0. The second-order valence-electron chi connectivity index (χ2n) is 8.67. The van der Waals surface area contributed by atoms with Gasteiger partial charge in [0.05, 0.1) is 12.2 Å². The smallest absolute Gasteiger partial charge is 0.257 e. The Morgan fingerprint density at radius 3 is 2.62 bits per heavy atom. The molecule has 0 bridgehead atoms. The Bertz CT molecular complexity index is 1130. The molecule has 32 heavy (non-hydrogen) atoms. The predicted octanol–water partition coefficient (Wildman–Crippen LogP) is 3.93. The summed E-state index contributed by atoms with van der Waals surface area (Å²) in [6.45, 7) is 1.02. The number of nitrogens with zero attached hydrogens (tertiary/aromatic N) is 4. The van der Waals surface area contributed by atoms with Crippen molar-refractivity contribution in [2.45, 2.75) is 43.6 Å². The largest absolute Gasteiger partial charge is 0.443 e. The van der Waals surface area contributed by atoms with Crippen molar-refractivity contribution in [3.8, 4) is 11.3 Å². The van der Waals surface area contributed by atoms with Gasteiger partial charge in [0.1, 0.15) is 6.23 Å². The van der Waals surface area contributed by atoms with Crippen molar-refractivity contribution in [3.05, 3.63) is 66.6 Å². The number of carbonyl (C=O) groups excluding carboxylic acids is 1. The highest BCUT2D eigenvalue weighted by Gasteiger charge is 2.58. The summed E-state index contributed by atoms with van der Waals surface area (Å²) in [5.74, 6) is 0.413. The first-order valence-corrected chi connectivity index (χ1v) is 11.0. The molecule has 6 rings (SSSR count). The molecule has 8 heteroatoms. The van der Waals surface area contributed by atoms with Crippen LogP contribution in [0.15, 0.2) is 59.6 Å². The fourth-order valence-electron chi connectivity index (χ4n) is 5.28. The molecule has 3 saturated heterocycles. The van der Waals surface area contributed by atoms with E-state index in [1.165, 1.54) is 18.7 Å². The number of ether oxygens (including phenoxy) is 1. The van der Waals surface area contributed by atoms with Crippen molar-refractivity contribution in [2.75, 3.05) is 18.0 Å². The summed E-state index contributed by atoms with van der Waals surface area (Å²) in [6.07, 6.45) is 7.04. The third-order valence-corrected chi connectivity index (χ3v) is 6.91. The van der Waals surface area contributed by atoms with Gasteiger partial charge in [-0.15, -0.1) is 0 Å². The molecule has 0 unspecified atom stereocenters. The number of piperidine rings is 1. The number of hydrogen-bond acceptors (Lipinski definition) is 6. The van der Waals surface area contributed by atoms with Crippen molar-refractivity contribution in [2.24, 2.45) is 0 Å². The summed E-state index contributed by atoms with van der Waals surface area (Å²) in [5.41, 5.74) is 0.879. The Hall–Kier alpha value is -3.26. The van der Waals surface area contributed by atoms with E-state index in [1.54, 1.807) is 6.20 Å². The molecule has 0 radical (unpaired) electrons. The Balaban J connectivity index is 1.18. The Morgan fingerprint density at radius 2 is 1.91 bits per heavy atom. The standard InChI is InChI=1S/C24H23FN4O3/c25-18-12-17(20-14-26-15-31-20)13-27-22(18)28-10-8-24(9-11-28)23(30)29-19(6-7-21(29)32-24)16-4-2-1-3-5-16/h1-5,12-15,19,21H,6-11H2/t19-,21+/m0/s1. The van der Waals surface area contributed by atoms with E-state index in [2.05, 4.69) is 22.1 Å². The number of benzene rings is 1. The molecule has 7 nitrogen and oxygen atoms in total. The van der Waals surface area contributed by atoms with E-state index in [0.29, 0.717) is 37.3 Å². The third kappa shape index (κ3) is 3.01. The zero-order valence-electron chi connectivity index (χ0n) is 17.5. The van der Waals surface area contributed by atoms with Crippen LogP contribution in [-0.4, -0.2) is 45.7 Å². The highest BCUT2D eigenvalue weighted by atomic mass is 19.1. The van der Waals surface area contributed by atoms with Gasteiger partial charge in [0, 0.05) is 37.7 Å². The van der Waals surface area contributed by atoms with Crippen molar-refractivity contribution in [1.82, 2.24) is 14.9 Å². The maximum atomic E-state index is 14.8. The van der Waals surface area contributed by atoms with Crippen LogP contribution < -0.4 is 4.90 Å². The molecule has 2 atom stereocenters. The summed E-state index contributed by atoms with van der Waals surface area (Å²) in [4.78, 5) is 25.5. The molecule has 3 fully saturated rings. The van der Waals surface area contributed by atoms with Crippen molar-refractivity contribution >= 4 is 11.7 Å². The molecule has 0 N–H and O–H groups in total. The maximum Gasteiger partial charge on any atom is 0.257 e. The molecule has 3 aliphatic rings. The number of halogens is 1. The van der Waals surface area contributed by atoms with Crippen LogP contribution in [0.25, 0.3) is 11.3 Å². The van der Waals surface area contributed by atoms with Gasteiger partial charge in [-0.05, 0) is 24.5 Å². The molecular weight excluding hydrogens is 411 g/mol. The molecule has 2 aromatic heterocycles. The first kappa shape index (κ1) is 19.4. The lowest BCUT2D eigenvalue weighted by Crippen LogP contribution is -2.50. The lowest BCUT2D eigenvalue weighted by molar-refractivity contribution is -0.140. The Morgan fingerprint density at radius 1 is 1.09 bits per heavy atom. The van der Waals surface area contributed by atoms with Crippen LogP contribution >= 0.6 is 0 Å². The molecule has 5 heterocycles. The van der Waals surface area contributed by atoms with Gasteiger partial charge in [-0.1, -0.05) is 30.3 Å². The van der Waals surface area contributed by atoms with Crippen molar-refractivity contribution in [3.63, 3.8) is 0 Å². The van der Waals surface area contributed by atoms with Crippen molar-refractivity contribution < 1.29 is 18.3 Å². The highest BCUT2D eigenvalue weighted by Crippen LogP contribution is 2.47. The zero-order chi connectivity index (χ0) is 21.7. The number of amides is 1. The second-order valence-corrected chi connectivity index (χ2v) is 8.67.